The van der Waals surface area contributed by atoms with Gasteiger partial charge in [-0.05, 0) is 87.6 Å². The van der Waals surface area contributed by atoms with E-state index in [0.717, 1.165) is 62.0 Å². The van der Waals surface area contributed by atoms with Crippen LogP contribution in [0.3, 0.4) is 0 Å². The SMILES string of the molecule is Cc1ccc(-n2nc(C(C)(C)C)cc2NC(=O)Nc2cccc(CC3CC4CCC(C3)N4C(=O)C3(C)CCCCC3)c2)cc1. The third-order valence-corrected chi connectivity index (χ3v) is 10.2. The Bertz CT molecular complexity index is 1480. The van der Waals surface area contributed by atoms with Gasteiger partial charge in [0.15, 0.2) is 0 Å². The highest BCUT2D eigenvalue weighted by Crippen LogP contribution is 2.45. The average Bonchev–Trinajstić information content (AvgIpc) is 3.52. The number of piperidine rings is 1. The molecule has 0 spiro atoms. The summed E-state index contributed by atoms with van der Waals surface area (Å²) in [6.45, 7) is 10.6. The Balaban J connectivity index is 1.10. The van der Waals surface area contributed by atoms with E-state index >= 15 is 0 Å². The summed E-state index contributed by atoms with van der Waals surface area (Å²) < 4.78 is 1.80. The number of carbonyl (C=O) groups is 2. The zero-order valence-electron chi connectivity index (χ0n) is 27.2. The lowest BCUT2D eigenvalue weighted by Gasteiger charge is -2.44. The van der Waals surface area contributed by atoms with E-state index in [1.54, 1.807) is 4.68 Å². The van der Waals surface area contributed by atoms with Crippen LogP contribution < -0.4 is 10.6 Å². The van der Waals surface area contributed by atoms with Gasteiger partial charge in [0, 0.05) is 34.7 Å². The third-order valence-electron chi connectivity index (χ3n) is 10.2. The summed E-state index contributed by atoms with van der Waals surface area (Å²) in [6.07, 6.45) is 11.1. The van der Waals surface area contributed by atoms with Crippen LogP contribution in [-0.2, 0) is 16.6 Å². The molecule has 2 atom stereocenters. The van der Waals surface area contributed by atoms with Crippen LogP contribution >= 0.6 is 0 Å². The quantitative estimate of drug-likeness (QED) is 0.300. The van der Waals surface area contributed by atoms with Crippen LogP contribution in [-0.4, -0.2) is 38.7 Å². The lowest BCUT2D eigenvalue weighted by Crippen LogP contribution is -2.52. The van der Waals surface area contributed by atoms with Crippen molar-refractivity contribution in [1.29, 1.82) is 0 Å². The zero-order valence-corrected chi connectivity index (χ0v) is 27.2. The summed E-state index contributed by atoms with van der Waals surface area (Å²) in [5.41, 5.74) is 4.67. The van der Waals surface area contributed by atoms with Gasteiger partial charge >= 0.3 is 6.03 Å². The Morgan fingerprint density at radius 2 is 1.61 bits per heavy atom. The van der Waals surface area contributed by atoms with Gasteiger partial charge in [0.05, 0.1) is 11.4 Å². The zero-order chi connectivity index (χ0) is 31.1. The van der Waals surface area contributed by atoms with E-state index in [-0.39, 0.29) is 16.9 Å². The minimum absolute atomic E-state index is 0.154. The molecule has 1 saturated carbocycles. The van der Waals surface area contributed by atoms with E-state index in [4.69, 9.17) is 5.10 Å². The normalized spacial score (nSPS) is 22.9. The predicted molar refractivity (Wildman–Crippen MR) is 177 cm³/mol. The summed E-state index contributed by atoms with van der Waals surface area (Å²) >= 11 is 0. The molecule has 0 radical (unpaired) electrons. The summed E-state index contributed by atoms with van der Waals surface area (Å²) in [6, 6.07) is 18.8. The highest BCUT2D eigenvalue weighted by Gasteiger charge is 2.48. The van der Waals surface area contributed by atoms with E-state index in [0.29, 0.717) is 29.7 Å². The standard InChI is InChI=1S/C37H49N5O2/c1-25-12-14-29(15-13-25)42-33(24-32(40-42)36(2,3)4)39-35(44)38-28-11-9-10-26(21-28)20-27-22-30-16-17-31(23-27)41(30)34(43)37(5)18-7-6-8-19-37/h9-15,21,24,27,30-31H,6-8,16-20,22-23H2,1-5H3,(H2,38,39,44). The summed E-state index contributed by atoms with van der Waals surface area (Å²) in [4.78, 5) is 29.3. The molecule has 1 aliphatic carbocycles. The highest BCUT2D eigenvalue weighted by atomic mass is 16.2. The van der Waals surface area contributed by atoms with Gasteiger partial charge in [-0.3, -0.25) is 10.1 Å². The van der Waals surface area contributed by atoms with Crippen molar-refractivity contribution in [3.8, 4) is 5.69 Å². The molecule has 234 valence electrons. The molecular formula is C37H49N5O2. The molecule has 3 aliphatic rings. The molecular weight excluding hydrogens is 546 g/mol. The minimum Gasteiger partial charge on any atom is -0.336 e. The lowest BCUT2D eigenvalue weighted by molar-refractivity contribution is -0.148. The van der Waals surface area contributed by atoms with Gasteiger partial charge in [0.25, 0.3) is 0 Å². The van der Waals surface area contributed by atoms with E-state index in [1.807, 2.05) is 42.5 Å². The Morgan fingerprint density at radius 3 is 2.27 bits per heavy atom. The van der Waals surface area contributed by atoms with Crippen molar-refractivity contribution in [2.45, 2.75) is 116 Å². The first-order valence-corrected chi connectivity index (χ1v) is 16.7. The molecule has 3 aromatic rings. The first-order valence-electron chi connectivity index (χ1n) is 16.7. The van der Waals surface area contributed by atoms with Crippen molar-refractivity contribution in [2.24, 2.45) is 11.3 Å². The average molecular weight is 596 g/mol. The minimum atomic E-state index is -0.294. The molecule has 3 amide bonds. The van der Waals surface area contributed by atoms with Crippen molar-refractivity contribution in [3.05, 3.63) is 71.4 Å². The van der Waals surface area contributed by atoms with Crippen LogP contribution in [0.5, 0.6) is 0 Å². The van der Waals surface area contributed by atoms with Crippen LogP contribution in [0.4, 0.5) is 16.3 Å². The second-order valence-corrected chi connectivity index (χ2v) is 15.0. The number of hydrogen-bond donors (Lipinski definition) is 2. The maximum Gasteiger partial charge on any atom is 0.324 e. The van der Waals surface area contributed by atoms with E-state index < -0.39 is 0 Å². The van der Waals surface area contributed by atoms with Crippen LogP contribution in [0.2, 0.25) is 0 Å². The lowest BCUT2D eigenvalue weighted by atomic mass is 9.73. The van der Waals surface area contributed by atoms with Crippen molar-refractivity contribution in [2.75, 3.05) is 10.6 Å². The summed E-state index contributed by atoms with van der Waals surface area (Å²) in [5, 5.41) is 10.9. The van der Waals surface area contributed by atoms with Crippen LogP contribution in [0.25, 0.3) is 5.69 Å². The molecule has 2 bridgehead atoms. The Hall–Kier alpha value is -3.61. The fourth-order valence-corrected chi connectivity index (χ4v) is 7.75. The number of fused-ring (bicyclic) bond motifs is 2. The second-order valence-electron chi connectivity index (χ2n) is 15.0. The Morgan fingerprint density at radius 1 is 0.932 bits per heavy atom. The van der Waals surface area contributed by atoms with E-state index in [2.05, 4.69) is 62.3 Å². The number of nitrogens with one attached hydrogen (secondary N) is 2. The van der Waals surface area contributed by atoms with Crippen molar-refractivity contribution in [3.63, 3.8) is 0 Å². The molecule has 2 saturated heterocycles. The number of aryl methyl sites for hydroxylation is 1. The van der Waals surface area contributed by atoms with Crippen molar-refractivity contribution >= 4 is 23.4 Å². The van der Waals surface area contributed by atoms with Gasteiger partial charge in [0.2, 0.25) is 5.91 Å². The number of carbonyl (C=O) groups excluding carboxylic acids is 2. The first-order chi connectivity index (χ1) is 21.0. The van der Waals surface area contributed by atoms with Gasteiger partial charge in [-0.15, -0.1) is 0 Å². The number of amides is 3. The fourth-order valence-electron chi connectivity index (χ4n) is 7.75. The van der Waals surface area contributed by atoms with Gasteiger partial charge in [-0.1, -0.05) is 76.8 Å². The molecule has 1 aromatic heterocycles. The first kappa shape index (κ1) is 30.4. The number of benzene rings is 2. The third kappa shape index (κ3) is 6.43. The Kier molecular flexibility index (Phi) is 8.33. The highest BCUT2D eigenvalue weighted by molar-refractivity contribution is 5.99. The second kappa shape index (κ2) is 12.1. The molecule has 7 heteroatoms. The van der Waals surface area contributed by atoms with Crippen LogP contribution in [0, 0.1) is 18.3 Å². The smallest absolute Gasteiger partial charge is 0.324 e. The van der Waals surface area contributed by atoms with Gasteiger partial charge in [0.1, 0.15) is 5.82 Å². The van der Waals surface area contributed by atoms with Gasteiger partial charge in [-0.2, -0.15) is 5.10 Å². The predicted octanol–water partition coefficient (Wildman–Crippen LogP) is 8.40. The molecule has 2 aliphatic heterocycles. The molecule has 7 nitrogen and oxygen atoms in total. The Labute approximate surface area is 262 Å². The molecule has 2 N–H and O–H groups in total. The van der Waals surface area contributed by atoms with Gasteiger partial charge < -0.3 is 10.2 Å². The molecule has 6 rings (SSSR count). The molecule has 44 heavy (non-hydrogen) atoms. The summed E-state index contributed by atoms with van der Waals surface area (Å²) in [7, 11) is 0. The van der Waals surface area contributed by atoms with Crippen LogP contribution in [0.15, 0.2) is 54.6 Å². The van der Waals surface area contributed by atoms with E-state index in [1.165, 1.54) is 30.4 Å². The topological polar surface area (TPSA) is 79.3 Å². The number of anilines is 2. The van der Waals surface area contributed by atoms with E-state index in [9.17, 15) is 9.59 Å². The molecule has 3 heterocycles. The number of urea groups is 1. The number of nitrogens with zero attached hydrogens (tertiary/aromatic N) is 3. The molecule has 2 aromatic carbocycles. The number of hydrogen-bond acceptors (Lipinski definition) is 3. The largest absolute Gasteiger partial charge is 0.336 e. The molecule has 2 unspecified atom stereocenters. The monoisotopic (exact) mass is 595 g/mol. The van der Waals surface area contributed by atoms with Crippen molar-refractivity contribution in [1.82, 2.24) is 14.7 Å². The summed E-state index contributed by atoms with van der Waals surface area (Å²) in [5.74, 6) is 1.62. The number of aromatic nitrogens is 2. The van der Waals surface area contributed by atoms with Crippen molar-refractivity contribution < 1.29 is 9.59 Å². The van der Waals surface area contributed by atoms with Crippen LogP contribution in [0.1, 0.15) is 102 Å². The maximum absolute atomic E-state index is 13.7. The fraction of sp³-hybridized carbons (Fsp3) is 0.541. The van der Waals surface area contributed by atoms with Gasteiger partial charge in [-0.25, -0.2) is 9.48 Å². The number of rotatable bonds is 6. The maximum atomic E-state index is 13.7. The molecule has 3 fully saturated rings.